The number of rotatable bonds is 6. The molecule has 2 aromatic carbocycles. The van der Waals surface area contributed by atoms with E-state index in [1.165, 1.54) is 0 Å². The third-order valence-electron chi connectivity index (χ3n) is 5.79. The van der Waals surface area contributed by atoms with Gasteiger partial charge in [-0.05, 0) is 41.7 Å². The van der Waals surface area contributed by atoms with Crippen LogP contribution in [0.1, 0.15) is 53.9 Å². The number of hydrogen-bond donors (Lipinski definition) is 3. The Kier molecular flexibility index (Phi) is 7.45. The summed E-state index contributed by atoms with van der Waals surface area (Å²) in [6, 6.07) is 15.4. The summed E-state index contributed by atoms with van der Waals surface area (Å²) in [7, 11) is 0. The molecule has 32 heavy (non-hydrogen) atoms. The largest absolute Gasteiger partial charge is 0.465 e. The van der Waals surface area contributed by atoms with Gasteiger partial charge in [0, 0.05) is 18.2 Å². The number of imide groups is 1. The van der Waals surface area contributed by atoms with Crippen molar-refractivity contribution in [1.29, 1.82) is 5.26 Å². The van der Waals surface area contributed by atoms with Gasteiger partial charge >= 0.3 is 12.1 Å². The molecule has 8 heteroatoms. The molecule has 0 aliphatic heterocycles. The van der Waals surface area contributed by atoms with E-state index in [2.05, 4.69) is 11.4 Å². The van der Waals surface area contributed by atoms with Crippen LogP contribution in [0, 0.1) is 11.3 Å². The maximum absolute atomic E-state index is 12.5. The molecule has 0 aromatic heterocycles. The SMILES string of the molecule is N#CC(CNC(=O)N(C(=O)O)C1CCCCC1)c1ccc(-c2ccc(C(N)=O)cc2)cc1. The molecular formula is C24H26N4O4. The van der Waals surface area contributed by atoms with Crippen LogP contribution in [-0.2, 0) is 0 Å². The third kappa shape index (κ3) is 5.43. The Morgan fingerprint density at radius 2 is 1.59 bits per heavy atom. The van der Waals surface area contributed by atoms with Crippen molar-refractivity contribution < 1.29 is 19.5 Å². The standard InChI is InChI=1S/C24H26N4O4/c25-14-20(15-27-23(30)28(24(31)32)21-4-2-1-3-5-21)18-8-6-16(7-9-18)17-10-12-19(13-11-17)22(26)29/h6-13,20-21H,1-5,15H2,(H2,26,29)(H,27,30)(H,31,32). The van der Waals surface area contributed by atoms with Gasteiger partial charge in [-0.2, -0.15) is 5.26 Å². The second-order valence-corrected chi connectivity index (χ2v) is 7.88. The van der Waals surface area contributed by atoms with Crippen LogP contribution in [0.25, 0.3) is 11.1 Å². The third-order valence-corrected chi connectivity index (χ3v) is 5.79. The van der Waals surface area contributed by atoms with Crippen molar-refractivity contribution in [3.05, 3.63) is 59.7 Å². The predicted octanol–water partition coefficient (Wildman–Crippen LogP) is 4.08. The zero-order valence-corrected chi connectivity index (χ0v) is 17.7. The van der Waals surface area contributed by atoms with Gasteiger partial charge in [0.15, 0.2) is 0 Å². The average molecular weight is 434 g/mol. The monoisotopic (exact) mass is 434 g/mol. The summed E-state index contributed by atoms with van der Waals surface area (Å²) in [6.45, 7) is 0.0124. The first kappa shape index (κ1) is 22.8. The Hall–Kier alpha value is -3.86. The predicted molar refractivity (Wildman–Crippen MR) is 119 cm³/mol. The van der Waals surface area contributed by atoms with Gasteiger partial charge in [-0.3, -0.25) is 4.79 Å². The lowest BCUT2D eigenvalue weighted by molar-refractivity contribution is 0.0999. The number of nitrogens with two attached hydrogens (primary N) is 1. The van der Waals surface area contributed by atoms with Gasteiger partial charge in [0.25, 0.3) is 0 Å². The smallest absolute Gasteiger partial charge is 0.415 e. The Morgan fingerprint density at radius 3 is 2.09 bits per heavy atom. The molecule has 2 aromatic rings. The average Bonchev–Trinajstić information content (AvgIpc) is 2.80. The van der Waals surface area contributed by atoms with Crippen molar-refractivity contribution in [3.8, 4) is 17.2 Å². The Balaban J connectivity index is 1.65. The second kappa shape index (κ2) is 10.4. The van der Waals surface area contributed by atoms with E-state index in [-0.39, 0.29) is 12.6 Å². The quantitative estimate of drug-likeness (QED) is 0.629. The van der Waals surface area contributed by atoms with E-state index in [4.69, 9.17) is 5.73 Å². The molecule has 1 saturated carbocycles. The zero-order chi connectivity index (χ0) is 23.1. The Morgan fingerprint density at radius 1 is 1.03 bits per heavy atom. The second-order valence-electron chi connectivity index (χ2n) is 7.88. The molecule has 1 atom stereocenters. The maximum Gasteiger partial charge on any atom is 0.415 e. The number of nitrogens with zero attached hydrogens (tertiary/aromatic N) is 2. The maximum atomic E-state index is 12.5. The van der Waals surface area contributed by atoms with E-state index in [0.29, 0.717) is 24.0 Å². The topological polar surface area (TPSA) is 137 Å². The normalized spacial score (nSPS) is 14.7. The summed E-state index contributed by atoms with van der Waals surface area (Å²) in [6.07, 6.45) is 2.93. The number of primary amides is 1. The lowest BCUT2D eigenvalue weighted by atomic mass is 9.94. The highest BCUT2D eigenvalue weighted by atomic mass is 16.4. The van der Waals surface area contributed by atoms with Crippen molar-refractivity contribution in [1.82, 2.24) is 10.2 Å². The molecule has 0 heterocycles. The molecule has 1 aliphatic rings. The van der Waals surface area contributed by atoms with E-state index < -0.39 is 23.9 Å². The molecule has 4 N–H and O–H groups in total. The molecule has 0 bridgehead atoms. The summed E-state index contributed by atoms with van der Waals surface area (Å²) >= 11 is 0. The van der Waals surface area contributed by atoms with E-state index in [9.17, 15) is 24.8 Å². The number of benzene rings is 2. The number of carbonyl (C=O) groups excluding carboxylic acids is 2. The molecule has 166 valence electrons. The fraction of sp³-hybridized carbons (Fsp3) is 0.333. The summed E-state index contributed by atoms with van der Waals surface area (Å²) in [4.78, 5) is 36.2. The first-order valence-electron chi connectivity index (χ1n) is 10.6. The van der Waals surface area contributed by atoms with Crippen LogP contribution in [0.3, 0.4) is 0 Å². The van der Waals surface area contributed by atoms with E-state index in [0.717, 1.165) is 35.3 Å². The van der Waals surface area contributed by atoms with Crippen LogP contribution in [0.15, 0.2) is 48.5 Å². The van der Waals surface area contributed by atoms with Crippen molar-refractivity contribution in [2.45, 2.75) is 44.1 Å². The zero-order valence-electron chi connectivity index (χ0n) is 17.7. The fourth-order valence-electron chi connectivity index (χ4n) is 4.00. The van der Waals surface area contributed by atoms with Crippen LogP contribution in [0.5, 0.6) is 0 Å². The van der Waals surface area contributed by atoms with Crippen LogP contribution < -0.4 is 11.1 Å². The van der Waals surface area contributed by atoms with Gasteiger partial charge in [0.2, 0.25) is 5.91 Å². The lowest BCUT2D eigenvalue weighted by Gasteiger charge is -2.30. The summed E-state index contributed by atoms with van der Waals surface area (Å²) in [5.74, 6) is -1.11. The Bertz CT molecular complexity index is 1010. The number of urea groups is 1. The molecule has 1 fully saturated rings. The highest BCUT2D eigenvalue weighted by Gasteiger charge is 2.31. The van der Waals surface area contributed by atoms with Crippen molar-refractivity contribution in [2.24, 2.45) is 5.73 Å². The highest BCUT2D eigenvalue weighted by Crippen LogP contribution is 2.25. The number of nitriles is 1. The van der Waals surface area contributed by atoms with Crippen LogP contribution in [0.2, 0.25) is 0 Å². The van der Waals surface area contributed by atoms with E-state index in [1.54, 1.807) is 36.4 Å². The summed E-state index contributed by atoms with van der Waals surface area (Å²) < 4.78 is 0. The summed E-state index contributed by atoms with van der Waals surface area (Å²) in [5, 5.41) is 21.7. The fourth-order valence-corrected chi connectivity index (χ4v) is 4.00. The Labute approximate surface area is 186 Å². The molecule has 0 radical (unpaired) electrons. The molecular weight excluding hydrogens is 408 g/mol. The van der Waals surface area contributed by atoms with Gasteiger partial charge in [0.05, 0.1) is 12.0 Å². The molecule has 3 rings (SSSR count). The molecule has 1 aliphatic carbocycles. The van der Waals surface area contributed by atoms with E-state index in [1.807, 2.05) is 12.1 Å². The molecule has 4 amide bonds. The first-order chi connectivity index (χ1) is 15.4. The lowest BCUT2D eigenvalue weighted by Crippen LogP contribution is -2.50. The number of carboxylic acid groups (broad SMARTS) is 1. The minimum Gasteiger partial charge on any atom is -0.465 e. The van der Waals surface area contributed by atoms with Gasteiger partial charge in [0.1, 0.15) is 0 Å². The van der Waals surface area contributed by atoms with Gasteiger partial charge in [-0.25, -0.2) is 14.5 Å². The van der Waals surface area contributed by atoms with Crippen molar-refractivity contribution >= 4 is 18.0 Å². The van der Waals surface area contributed by atoms with E-state index >= 15 is 0 Å². The molecule has 8 nitrogen and oxygen atoms in total. The summed E-state index contributed by atoms with van der Waals surface area (Å²) in [5.41, 5.74) is 8.20. The van der Waals surface area contributed by atoms with Crippen LogP contribution in [-0.4, -0.2) is 40.6 Å². The van der Waals surface area contributed by atoms with Gasteiger partial charge in [-0.15, -0.1) is 0 Å². The van der Waals surface area contributed by atoms with Gasteiger partial charge < -0.3 is 16.2 Å². The van der Waals surface area contributed by atoms with Crippen molar-refractivity contribution in [3.63, 3.8) is 0 Å². The van der Waals surface area contributed by atoms with Gasteiger partial charge in [-0.1, -0.05) is 55.7 Å². The number of hydrogen-bond acceptors (Lipinski definition) is 4. The highest BCUT2D eigenvalue weighted by molar-refractivity contribution is 5.93. The number of amides is 4. The number of carbonyl (C=O) groups is 3. The van der Waals surface area contributed by atoms with Crippen LogP contribution in [0.4, 0.5) is 9.59 Å². The minimum absolute atomic E-state index is 0.0124. The first-order valence-corrected chi connectivity index (χ1v) is 10.6. The van der Waals surface area contributed by atoms with Crippen LogP contribution >= 0.6 is 0 Å². The molecule has 1 unspecified atom stereocenters. The molecule has 0 saturated heterocycles. The van der Waals surface area contributed by atoms with Crippen molar-refractivity contribution in [2.75, 3.05) is 6.54 Å². The number of nitrogens with one attached hydrogen (secondary N) is 1. The minimum atomic E-state index is -1.27. The molecule has 0 spiro atoms.